The van der Waals surface area contributed by atoms with Gasteiger partial charge in [-0.1, -0.05) is 6.92 Å². The third-order valence-corrected chi connectivity index (χ3v) is 4.74. The monoisotopic (exact) mass is 381 g/mol. The molecule has 1 aliphatic rings. The topological polar surface area (TPSA) is 103 Å². The van der Waals surface area contributed by atoms with Crippen LogP contribution in [0.3, 0.4) is 0 Å². The lowest BCUT2D eigenvalue weighted by atomic mass is 10.1. The Morgan fingerprint density at radius 2 is 2.21 bits per heavy atom. The number of rotatable bonds is 5. The van der Waals surface area contributed by atoms with Crippen LogP contribution in [0.25, 0.3) is 11.0 Å². The Morgan fingerprint density at radius 1 is 1.39 bits per heavy atom. The van der Waals surface area contributed by atoms with Crippen LogP contribution in [0.4, 0.5) is 11.6 Å². The maximum Gasteiger partial charge on any atom is 0.257 e. The molecule has 146 valence electrons. The van der Waals surface area contributed by atoms with E-state index in [0.29, 0.717) is 48.0 Å². The SMILES string of the molecule is CC(C)Oc1nn(C)cc1Nc1ncc2cc(C#N)n(C3COCC3C)c2n1. The molecule has 9 heteroatoms. The summed E-state index contributed by atoms with van der Waals surface area (Å²) in [5, 5.41) is 17.9. The summed E-state index contributed by atoms with van der Waals surface area (Å²) in [7, 11) is 1.83. The van der Waals surface area contributed by atoms with Crippen LogP contribution < -0.4 is 10.1 Å². The van der Waals surface area contributed by atoms with Gasteiger partial charge in [0.1, 0.15) is 23.1 Å². The molecular formula is C19H23N7O2. The number of nitriles is 1. The molecule has 0 amide bonds. The molecule has 0 aliphatic carbocycles. The number of nitrogens with zero attached hydrogens (tertiary/aromatic N) is 6. The van der Waals surface area contributed by atoms with Gasteiger partial charge in [-0.3, -0.25) is 4.68 Å². The van der Waals surface area contributed by atoms with Gasteiger partial charge < -0.3 is 19.4 Å². The molecule has 0 radical (unpaired) electrons. The molecule has 0 bridgehead atoms. The first-order valence-corrected chi connectivity index (χ1v) is 9.29. The van der Waals surface area contributed by atoms with Gasteiger partial charge >= 0.3 is 0 Å². The number of fused-ring (bicyclic) bond motifs is 1. The van der Waals surface area contributed by atoms with Crippen molar-refractivity contribution >= 4 is 22.7 Å². The number of ether oxygens (including phenoxy) is 2. The summed E-state index contributed by atoms with van der Waals surface area (Å²) in [6.45, 7) is 7.26. The van der Waals surface area contributed by atoms with E-state index in [-0.39, 0.29) is 12.1 Å². The number of nitrogens with one attached hydrogen (secondary N) is 1. The quantitative estimate of drug-likeness (QED) is 0.725. The maximum absolute atomic E-state index is 9.59. The molecule has 0 saturated carbocycles. The standard InChI is InChI=1S/C19H23N7O2/c1-11(2)28-18-15(8-25(4)24-18)22-19-21-7-13-5-14(6-20)26(17(13)23-19)16-10-27-9-12(16)3/h5,7-8,11-12,16H,9-10H2,1-4H3,(H,21,22,23). The summed E-state index contributed by atoms with van der Waals surface area (Å²) in [4.78, 5) is 9.09. The highest BCUT2D eigenvalue weighted by Gasteiger charge is 2.29. The van der Waals surface area contributed by atoms with Crippen molar-refractivity contribution in [3.05, 3.63) is 24.2 Å². The van der Waals surface area contributed by atoms with Gasteiger partial charge in [0.2, 0.25) is 5.95 Å². The molecule has 2 unspecified atom stereocenters. The van der Waals surface area contributed by atoms with Crippen molar-refractivity contribution < 1.29 is 9.47 Å². The molecule has 4 rings (SSSR count). The van der Waals surface area contributed by atoms with Crippen LogP contribution in [-0.2, 0) is 11.8 Å². The Bertz CT molecular complexity index is 1050. The van der Waals surface area contributed by atoms with Crippen LogP contribution in [0.5, 0.6) is 5.88 Å². The summed E-state index contributed by atoms with van der Waals surface area (Å²) < 4.78 is 15.0. The molecule has 1 N–H and O–H groups in total. The number of aromatic nitrogens is 5. The molecular weight excluding hydrogens is 358 g/mol. The minimum Gasteiger partial charge on any atom is -0.472 e. The smallest absolute Gasteiger partial charge is 0.257 e. The summed E-state index contributed by atoms with van der Waals surface area (Å²) in [6.07, 6.45) is 3.54. The molecule has 1 aliphatic heterocycles. The maximum atomic E-state index is 9.59. The molecule has 3 aromatic rings. The highest BCUT2D eigenvalue weighted by Crippen LogP contribution is 2.32. The van der Waals surface area contributed by atoms with E-state index in [1.165, 1.54) is 0 Å². The van der Waals surface area contributed by atoms with E-state index in [9.17, 15) is 5.26 Å². The Kier molecular flexibility index (Phi) is 4.65. The predicted octanol–water partition coefficient (Wildman–Crippen LogP) is 2.77. The molecule has 2 atom stereocenters. The third-order valence-electron chi connectivity index (χ3n) is 4.74. The van der Waals surface area contributed by atoms with Crippen LogP contribution >= 0.6 is 0 Å². The first kappa shape index (κ1) is 18.3. The van der Waals surface area contributed by atoms with Gasteiger partial charge in [-0.15, -0.1) is 5.10 Å². The summed E-state index contributed by atoms with van der Waals surface area (Å²) in [5.41, 5.74) is 1.97. The van der Waals surface area contributed by atoms with Gasteiger partial charge in [0.15, 0.2) is 0 Å². The normalized spacial score (nSPS) is 19.3. The zero-order valence-electron chi connectivity index (χ0n) is 16.4. The second-order valence-electron chi connectivity index (χ2n) is 7.38. The first-order chi connectivity index (χ1) is 13.5. The second kappa shape index (κ2) is 7.13. The van der Waals surface area contributed by atoms with Crippen molar-refractivity contribution in [2.24, 2.45) is 13.0 Å². The number of anilines is 2. The van der Waals surface area contributed by atoms with Crippen LogP contribution in [0.1, 0.15) is 32.5 Å². The van der Waals surface area contributed by atoms with E-state index >= 15 is 0 Å². The fourth-order valence-corrected chi connectivity index (χ4v) is 3.45. The highest BCUT2D eigenvalue weighted by atomic mass is 16.5. The number of aryl methyl sites for hydroxylation is 1. The van der Waals surface area contributed by atoms with E-state index < -0.39 is 0 Å². The lowest BCUT2D eigenvalue weighted by Gasteiger charge is -2.17. The predicted molar refractivity (Wildman–Crippen MR) is 104 cm³/mol. The fourth-order valence-electron chi connectivity index (χ4n) is 3.45. The minimum absolute atomic E-state index is 0.00174. The van der Waals surface area contributed by atoms with Crippen LogP contribution in [-0.4, -0.2) is 43.6 Å². The van der Waals surface area contributed by atoms with Gasteiger partial charge in [0.05, 0.1) is 31.6 Å². The molecule has 0 spiro atoms. The Balaban J connectivity index is 1.73. The van der Waals surface area contributed by atoms with Gasteiger partial charge in [-0.05, 0) is 19.9 Å². The van der Waals surface area contributed by atoms with Crippen molar-refractivity contribution in [1.82, 2.24) is 24.3 Å². The molecule has 0 aromatic carbocycles. The van der Waals surface area contributed by atoms with Crippen molar-refractivity contribution in [1.29, 1.82) is 5.26 Å². The van der Waals surface area contributed by atoms with Crippen LogP contribution in [0, 0.1) is 17.2 Å². The molecule has 9 nitrogen and oxygen atoms in total. The van der Waals surface area contributed by atoms with E-state index in [0.717, 1.165) is 5.39 Å². The van der Waals surface area contributed by atoms with Gasteiger partial charge in [0, 0.05) is 24.5 Å². The lowest BCUT2D eigenvalue weighted by Crippen LogP contribution is -2.17. The van der Waals surface area contributed by atoms with Crippen LogP contribution in [0.2, 0.25) is 0 Å². The van der Waals surface area contributed by atoms with E-state index in [1.54, 1.807) is 10.9 Å². The van der Waals surface area contributed by atoms with E-state index in [4.69, 9.17) is 9.47 Å². The Labute approximate surface area is 162 Å². The van der Waals surface area contributed by atoms with Crippen molar-refractivity contribution in [3.63, 3.8) is 0 Å². The highest BCUT2D eigenvalue weighted by molar-refractivity contribution is 5.79. The Morgan fingerprint density at radius 3 is 2.89 bits per heavy atom. The molecule has 3 aromatic heterocycles. The zero-order chi connectivity index (χ0) is 19.8. The van der Waals surface area contributed by atoms with E-state index in [2.05, 4.69) is 33.4 Å². The van der Waals surface area contributed by atoms with Gasteiger partial charge in [0.25, 0.3) is 5.88 Å². The first-order valence-electron chi connectivity index (χ1n) is 9.29. The summed E-state index contributed by atoms with van der Waals surface area (Å²) in [6, 6.07) is 4.17. The fraction of sp³-hybridized carbons (Fsp3) is 0.474. The lowest BCUT2D eigenvalue weighted by molar-refractivity contribution is 0.182. The summed E-state index contributed by atoms with van der Waals surface area (Å²) in [5.74, 6) is 1.22. The van der Waals surface area contributed by atoms with Crippen molar-refractivity contribution in [3.8, 4) is 11.9 Å². The van der Waals surface area contributed by atoms with E-state index in [1.807, 2.05) is 37.7 Å². The largest absolute Gasteiger partial charge is 0.472 e. The molecule has 4 heterocycles. The van der Waals surface area contributed by atoms with Crippen molar-refractivity contribution in [2.75, 3.05) is 18.5 Å². The van der Waals surface area contributed by atoms with Crippen LogP contribution in [0.15, 0.2) is 18.5 Å². The average Bonchev–Trinajstić information content (AvgIpc) is 3.31. The molecule has 1 saturated heterocycles. The Hall–Kier alpha value is -3.12. The number of hydrogen-bond acceptors (Lipinski definition) is 7. The van der Waals surface area contributed by atoms with Gasteiger partial charge in [-0.25, -0.2) is 4.98 Å². The zero-order valence-corrected chi connectivity index (χ0v) is 16.4. The van der Waals surface area contributed by atoms with Gasteiger partial charge in [-0.2, -0.15) is 10.2 Å². The molecule has 1 fully saturated rings. The van der Waals surface area contributed by atoms with Crippen molar-refractivity contribution in [2.45, 2.75) is 32.9 Å². The number of hydrogen-bond donors (Lipinski definition) is 1. The molecule has 28 heavy (non-hydrogen) atoms. The minimum atomic E-state index is -0.00174. The third kappa shape index (κ3) is 3.27. The average molecular weight is 381 g/mol. The summed E-state index contributed by atoms with van der Waals surface area (Å²) >= 11 is 0. The second-order valence-corrected chi connectivity index (χ2v) is 7.38.